The van der Waals surface area contributed by atoms with Gasteiger partial charge in [-0.25, -0.2) is 0 Å². The van der Waals surface area contributed by atoms with Gasteiger partial charge in [0.1, 0.15) is 5.75 Å². The van der Waals surface area contributed by atoms with Gasteiger partial charge in [0.2, 0.25) is 0 Å². The molecule has 0 atom stereocenters. The number of rotatable bonds is 3. The van der Waals surface area contributed by atoms with E-state index in [1.807, 2.05) is 0 Å². The smallest absolute Gasteiger partial charge is 0.254 e. The van der Waals surface area contributed by atoms with E-state index in [1.165, 1.54) is 6.07 Å². The zero-order valence-electron chi connectivity index (χ0n) is 10.5. The van der Waals surface area contributed by atoms with Gasteiger partial charge in [-0.1, -0.05) is 0 Å². The monoisotopic (exact) mass is 328 g/mol. The summed E-state index contributed by atoms with van der Waals surface area (Å²) in [6, 6.07) is 4.85. The number of piperazine rings is 1. The van der Waals surface area contributed by atoms with Crippen molar-refractivity contribution in [2.75, 3.05) is 39.3 Å². The number of amides is 1. The molecule has 0 radical (unpaired) electrons. The Hall–Kier alpha value is -1.11. The number of benzene rings is 1. The van der Waals surface area contributed by atoms with Crippen molar-refractivity contribution in [1.82, 2.24) is 9.80 Å². The predicted octanol–water partition coefficient (Wildman–Crippen LogP) is 0.905. The van der Waals surface area contributed by atoms with Crippen LogP contribution in [0.3, 0.4) is 0 Å². The normalized spacial score (nSPS) is 16.6. The van der Waals surface area contributed by atoms with Crippen molar-refractivity contribution in [1.29, 1.82) is 0 Å². The van der Waals surface area contributed by atoms with Gasteiger partial charge >= 0.3 is 0 Å². The van der Waals surface area contributed by atoms with E-state index in [1.54, 1.807) is 17.0 Å². The highest BCUT2D eigenvalue weighted by Crippen LogP contribution is 2.25. The standard InChI is InChI=1S/C13H17BrN2O3/c14-11-2-1-10(9-12(11)18)13(19)16-5-3-15(4-6-16)7-8-17/h1-2,9,17-18H,3-8H2. The maximum absolute atomic E-state index is 12.3. The molecule has 1 saturated heterocycles. The Balaban J connectivity index is 1.99. The quantitative estimate of drug-likeness (QED) is 0.865. The fourth-order valence-electron chi connectivity index (χ4n) is 2.14. The maximum atomic E-state index is 12.3. The van der Waals surface area contributed by atoms with Gasteiger partial charge in [-0.05, 0) is 34.1 Å². The molecule has 1 aromatic carbocycles. The lowest BCUT2D eigenvalue weighted by Crippen LogP contribution is -2.49. The largest absolute Gasteiger partial charge is 0.507 e. The highest BCUT2D eigenvalue weighted by molar-refractivity contribution is 9.10. The lowest BCUT2D eigenvalue weighted by molar-refractivity contribution is 0.0614. The molecule has 19 heavy (non-hydrogen) atoms. The molecule has 1 heterocycles. The number of phenols is 1. The summed E-state index contributed by atoms with van der Waals surface area (Å²) in [6.45, 7) is 3.64. The minimum atomic E-state index is -0.0635. The molecule has 104 valence electrons. The third kappa shape index (κ3) is 3.46. The molecular formula is C13H17BrN2O3. The van der Waals surface area contributed by atoms with Gasteiger partial charge in [-0.3, -0.25) is 9.69 Å². The van der Waals surface area contributed by atoms with E-state index >= 15 is 0 Å². The Labute approximate surface area is 120 Å². The Morgan fingerprint density at radius 3 is 2.53 bits per heavy atom. The summed E-state index contributed by atoms with van der Waals surface area (Å²) in [6.07, 6.45) is 0. The predicted molar refractivity (Wildman–Crippen MR) is 75.2 cm³/mol. The number of carbonyl (C=O) groups is 1. The van der Waals surface area contributed by atoms with E-state index in [0.717, 1.165) is 13.1 Å². The molecule has 0 aromatic heterocycles. The summed E-state index contributed by atoms with van der Waals surface area (Å²) in [5, 5.41) is 18.5. The molecule has 1 aromatic rings. The van der Waals surface area contributed by atoms with E-state index in [2.05, 4.69) is 20.8 Å². The second-order valence-electron chi connectivity index (χ2n) is 4.52. The maximum Gasteiger partial charge on any atom is 0.254 e. The molecule has 1 fully saturated rings. The number of aromatic hydroxyl groups is 1. The van der Waals surface area contributed by atoms with Crippen LogP contribution in [-0.2, 0) is 0 Å². The molecule has 1 amide bonds. The van der Waals surface area contributed by atoms with Crippen LogP contribution >= 0.6 is 15.9 Å². The third-order valence-corrected chi connectivity index (χ3v) is 3.94. The number of nitrogens with zero attached hydrogens (tertiary/aromatic N) is 2. The van der Waals surface area contributed by atoms with Gasteiger partial charge in [0.25, 0.3) is 5.91 Å². The van der Waals surface area contributed by atoms with E-state index in [-0.39, 0.29) is 18.3 Å². The first-order valence-electron chi connectivity index (χ1n) is 6.23. The van der Waals surface area contributed by atoms with Crippen molar-refractivity contribution >= 4 is 21.8 Å². The zero-order valence-corrected chi connectivity index (χ0v) is 12.1. The Kier molecular flexibility index (Phi) is 4.79. The average molecular weight is 329 g/mol. The summed E-state index contributed by atoms with van der Waals surface area (Å²) in [5.74, 6) is 0.0104. The summed E-state index contributed by atoms with van der Waals surface area (Å²) in [5.41, 5.74) is 0.497. The first kappa shape index (κ1) is 14.3. The van der Waals surface area contributed by atoms with Gasteiger partial charge in [-0.15, -0.1) is 0 Å². The molecule has 0 unspecified atom stereocenters. The number of β-amino-alcohol motifs (C(OH)–C–C–N with tert-alkyl or cyclic N) is 1. The summed E-state index contributed by atoms with van der Waals surface area (Å²) < 4.78 is 0.580. The lowest BCUT2D eigenvalue weighted by Gasteiger charge is -2.34. The van der Waals surface area contributed by atoms with Crippen molar-refractivity contribution in [3.05, 3.63) is 28.2 Å². The first-order valence-corrected chi connectivity index (χ1v) is 7.02. The molecule has 1 aliphatic rings. The molecule has 0 aliphatic carbocycles. The summed E-state index contributed by atoms with van der Waals surface area (Å²) in [7, 11) is 0. The minimum absolute atomic E-state index is 0.0635. The first-order chi connectivity index (χ1) is 9.11. The van der Waals surface area contributed by atoms with E-state index < -0.39 is 0 Å². The van der Waals surface area contributed by atoms with Crippen molar-refractivity contribution < 1.29 is 15.0 Å². The average Bonchev–Trinajstić information content (AvgIpc) is 2.42. The van der Waals surface area contributed by atoms with E-state index in [9.17, 15) is 9.90 Å². The number of aliphatic hydroxyl groups is 1. The van der Waals surface area contributed by atoms with Crippen LogP contribution in [0.4, 0.5) is 0 Å². The molecule has 6 heteroatoms. The number of phenolic OH excluding ortho intramolecular Hbond substituents is 1. The van der Waals surface area contributed by atoms with Crippen LogP contribution in [0.15, 0.2) is 22.7 Å². The van der Waals surface area contributed by atoms with Crippen molar-refractivity contribution in [3.63, 3.8) is 0 Å². The SMILES string of the molecule is O=C(c1ccc(Br)c(O)c1)N1CCN(CCO)CC1. The summed E-state index contributed by atoms with van der Waals surface area (Å²) in [4.78, 5) is 16.2. The molecule has 0 saturated carbocycles. The molecular weight excluding hydrogens is 312 g/mol. The second-order valence-corrected chi connectivity index (χ2v) is 5.38. The molecule has 5 nitrogen and oxygen atoms in total. The second kappa shape index (κ2) is 6.36. The van der Waals surface area contributed by atoms with Crippen LogP contribution in [-0.4, -0.2) is 65.3 Å². The van der Waals surface area contributed by atoms with Crippen LogP contribution in [0, 0.1) is 0 Å². The van der Waals surface area contributed by atoms with Crippen molar-refractivity contribution in [3.8, 4) is 5.75 Å². The highest BCUT2D eigenvalue weighted by Gasteiger charge is 2.22. The highest BCUT2D eigenvalue weighted by atomic mass is 79.9. The van der Waals surface area contributed by atoms with Gasteiger partial charge < -0.3 is 15.1 Å². The van der Waals surface area contributed by atoms with Gasteiger partial charge in [0.15, 0.2) is 0 Å². The van der Waals surface area contributed by atoms with Crippen molar-refractivity contribution in [2.45, 2.75) is 0 Å². The Morgan fingerprint density at radius 1 is 1.26 bits per heavy atom. The van der Waals surface area contributed by atoms with Gasteiger partial charge in [0.05, 0.1) is 11.1 Å². The minimum Gasteiger partial charge on any atom is -0.507 e. The zero-order chi connectivity index (χ0) is 13.8. The van der Waals surface area contributed by atoms with Gasteiger partial charge in [-0.2, -0.15) is 0 Å². The Morgan fingerprint density at radius 2 is 1.95 bits per heavy atom. The van der Waals surface area contributed by atoms with Crippen molar-refractivity contribution in [2.24, 2.45) is 0 Å². The van der Waals surface area contributed by atoms with E-state index in [0.29, 0.717) is 29.7 Å². The fraction of sp³-hybridized carbons (Fsp3) is 0.462. The number of hydrogen-bond acceptors (Lipinski definition) is 4. The lowest BCUT2D eigenvalue weighted by atomic mass is 10.1. The number of hydrogen-bond donors (Lipinski definition) is 2. The van der Waals surface area contributed by atoms with Gasteiger partial charge in [0, 0.05) is 38.3 Å². The van der Waals surface area contributed by atoms with Crippen LogP contribution in [0.5, 0.6) is 5.75 Å². The molecule has 1 aliphatic heterocycles. The van der Waals surface area contributed by atoms with Crippen LogP contribution in [0.2, 0.25) is 0 Å². The number of halogens is 1. The van der Waals surface area contributed by atoms with Crippen LogP contribution in [0.1, 0.15) is 10.4 Å². The molecule has 2 rings (SSSR count). The Bertz CT molecular complexity index is 459. The topological polar surface area (TPSA) is 64.0 Å². The third-order valence-electron chi connectivity index (χ3n) is 3.27. The van der Waals surface area contributed by atoms with Crippen LogP contribution in [0.25, 0.3) is 0 Å². The summed E-state index contributed by atoms with van der Waals surface area (Å²) >= 11 is 3.19. The fourth-order valence-corrected chi connectivity index (χ4v) is 2.39. The van der Waals surface area contributed by atoms with Crippen LogP contribution < -0.4 is 0 Å². The number of carbonyl (C=O) groups excluding carboxylic acids is 1. The molecule has 0 bridgehead atoms. The number of aliphatic hydroxyl groups excluding tert-OH is 1. The van der Waals surface area contributed by atoms with E-state index in [4.69, 9.17) is 5.11 Å². The molecule has 0 spiro atoms. The molecule has 2 N–H and O–H groups in total.